The fraction of sp³-hybridized carbons (Fsp3) is 0.500. The van der Waals surface area contributed by atoms with Crippen molar-refractivity contribution in [2.24, 2.45) is 0 Å². The lowest BCUT2D eigenvalue weighted by molar-refractivity contribution is 0.0142. The summed E-state index contributed by atoms with van der Waals surface area (Å²) >= 11 is 0. The van der Waals surface area contributed by atoms with Gasteiger partial charge in [0.05, 0.1) is 13.2 Å². The van der Waals surface area contributed by atoms with Gasteiger partial charge in [-0.1, -0.05) is 30.3 Å². The third-order valence-electron chi connectivity index (χ3n) is 5.70. The molecule has 1 aliphatic heterocycles. The van der Waals surface area contributed by atoms with Crippen molar-refractivity contribution in [3.05, 3.63) is 69.3 Å². The fourth-order valence-corrected chi connectivity index (χ4v) is 3.97. The molecular weight excluding hydrogens is 380 g/mol. The molecule has 162 valence electrons. The summed E-state index contributed by atoms with van der Waals surface area (Å²) in [6, 6.07) is 12.3. The molecule has 0 saturated carbocycles. The third-order valence-corrected chi connectivity index (χ3v) is 5.70. The van der Waals surface area contributed by atoms with Gasteiger partial charge in [0.1, 0.15) is 11.3 Å². The fourth-order valence-electron chi connectivity index (χ4n) is 3.97. The molecule has 0 bridgehead atoms. The molecule has 2 aromatic rings. The molecule has 6 nitrogen and oxygen atoms in total. The highest BCUT2D eigenvalue weighted by Gasteiger charge is 2.24. The summed E-state index contributed by atoms with van der Waals surface area (Å²) in [7, 11) is 1.74. The Hall–Kier alpha value is -2.44. The zero-order valence-corrected chi connectivity index (χ0v) is 18.2. The molecule has 1 aromatic carbocycles. The van der Waals surface area contributed by atoms with Crippen LogP contribution in [0.25, 0.3) is 0 Å². The van der Waals surface area contributed by atoms with Gasteiger partial charge >= 0.3 is 5.63 Å². The predicted molar refractivity (Wildman–Crippen MR) is 117 cm³/mol. The van der Waals surface area contributed by atoms with Crippen LogP contribution in [0.4, 0.5) is 0 Å². The molecule has 1 atom stereocenters. The zero-order chi connectivity index (χ0) is 21.5. The Labute approximate surface area is 178 Å². The van der Waals surface area contributed by atoms with E-state index in [4.69, 9.17) is 9.15 Å². The molecule has 1 aromatic heterocycles. The summed E-state index contributed by atoms with van der Waals surface area (Å²) in [5.74, 6) is 0.353. The average Bonchev–Trinajstić information content (AvgIpc) is 2.74. The second-order valence-electron chi connectivity index (χ2n) is 8.08. The van der Waals surface area contributed by atoms with Crippen LogP contribution in [-0.2, 0) is 17.6 Å². The highest BCUT2D eigenvalue weighted by Crippen LogP contribution is 2.13. The molecular formula is C24H32N2O4. The minimum atomic E-state index is -0.541. The molecule has 1 unspecified atom stereocenters. The van der Waals surface area contributed by atoms with Gasteiger partial charge in [-0.3, -0.25) is 9.69 Å². The second kappa shape index (κ2) is 10.5. The molecule has 0 radical (unpaired) electrons. The first-order valence-electron chi connectivity index (χ1n) is 10.7. The van der Waals surface area contributed by atoms with Crippen molar-refractivity contribution < 1.29 is 13.9 Å². The number of hydrogen-bond acceptors (Lipinski definition) is 5. The largest absolute Gasteiger partial charge is 0.427 e. The Balaban J connectivity index is 1.60. The highest BCUT2D eigenvalue weighted by molar-refractivity contribution is 5.95. The summed E-state index contributed by atoms with van der Waals surface area (Å²) in [5.41, 5.74) is 1.54. The average molecular weight is 413 g/mol. The minimum absolute atomic E-state index is 0.137. The predicted octanol–water partition coefficient (Wildman–Crippen LogP) is 2.92. The van der Waals surface area contributed by atoms with E-state index in [-0.39, 0.29) is 17.5 Å². The van der Waals surface area contributed by atoms with Crippen LogP contribution in [0.2, 0.25) is 0 Å². The Morgan fingerprint density at radius 2 is 1.87 bits per heavy atom. The minimum Gasteiger partial charge on any atom is -0.427 e. The molecule has 1 amide bonds. The van der Waals surface area contributed by atoms with E-state index in [1.165, 1.54) is 5.56 Å². The molecule has 2 heterocycles. The number of rotatable bonds is 8. The van der Waals surface area contributed by atoms with Crippen LogP contribution in [0.3, 0.4) is 0 Å². The zero-order valence-electron chi connectivity index (χ0n) is 18.2. The van der Waals surface area contributed by atoms with E-state index in [0.29, 0.717) is 24.3 Å². The van der Waals surface area contributed by atoms with Crippen LogP contribution < -0.4 is 5.63 Å². The van der Waals surface area contributed by atoms with Gasteiger partial charge < -0.3 is 14.1 Å². The summed E-state index contributed by atoms with van der Waals surface area (Å²) in [6.07, 6.45) is 2.48. The first kappa shape index (κ1) is 22.2. The van der Waals surface area contributed by atoms with Crippen LogP contribution in [0.5, 0.6) is 0 Å². The van der Waals surface area contributed by atoms with Gasteiger partial charge in [0, 0.05) is 39.1 Å². The maximum atomic E-state index is 12.9. The van der Waals surface area contributed by atoms with E-state index < -0.39 is 5.63 Å². The van der Waals surface area contributed by atoms with Crippen molar-refractivity contribution in [3.8, 4) is 0 Å². The summed E-state index contributed by atoms with van der Waals surface area (Å²) in [5, 5.41) is 0. The SMILES string of the molecule is Cc1cc(CCCc2ccccc2)oc(=O)c1C(=O)N(C)CC(C)N1CCOCC1. The summed E-state index contributed by atoms with van der Waals surface area (Å²) in [6.45, 7) is 7.62. The molecule has 1 saturated heterocycles. The number of ether oxygens (including phenoxy) is 1. The first-order chi connectivity index (χ1) is 14.5. The summed E-state index contributed by atoms with van der Waals surface area (Å²) < 4.78 is 10.9. The first-order valence-corrected chi connectivity index (χ1v) is 10.7. The van der Waals surface area contributed by atoms with Crippen LogP contribution in [0.15, 0.2) is 45.6 Å². The van der Waals surface area contributed by atoms with Gasteiger partial charge in [0.2, 0.25) is 0 Å². The molecule has 30 heavy (non-hydrogen) atoms. The Kier molecular flexibility index (Phi) is 7.82. The number of benzene rings is 1. The van der Waals surface area contributed by atoms with Gasteiger partial charge in [-0.25, -0.2) is 4.79 Å². The van der Waals surface area contributed by atoms with E-state index in [2.05, 4.69) is 24.0 Å². The van der Waals surface area contributed by atoms with Crippen molar-refractivity contribution in [1.29, 1.82) is 0 Å². The third kappa shape index (κ3) is 5.80. The van der Waals surface area contributed by atoms with Crippen molar-refractivity contribution in [3.63, 3.8) is 0 Å². The van der Waals surface area contributed by atoms with Gasteiger partial charge in [-0.05, 0) is 43.9 Å². The van der Waals surface area contributed by atoms with Crippen molar-refractivity contribution in [1.82, 2.24) is 9.80 Å². The van der Waals surface area contributed by atoms with Crippen LogP contribution in [0, 0.1) is 6.92 Å². The number of hydrogen-bond donors (Lipinski definition) is 0. The maximum absolute atomic E-state index is 12.9. The van der Waals surface area contributed by atoms with Gasteiger partial charge in [0.15, 0.2) is 0 Å². The molecule has 3 rings (SSSR count). The van der Waals surface area contributed by atoms with Crippen molar-refractivity contribution >= 4 is 5.91 Å². The van der Waals surface area contributed by atoms with Crippen LogP contribution in [0.1, 0.15) is 40.6 Å². The molecule has 0 aliphatic carbocycles. The number of aryl methyl sites for hydroxylation is 3. The number of nitrogens with zero attached hydrogens (tertiary/aromatic N) is 2. The molecule has 1 fully saturated rings. The maximum Gasteiger partial charge on any atom is 0.349 e. The van der Waals surface area contributed by atoms with Crippen molar-refractivity contribution in [2.45, 2.75) is 39.2 Å². The van der Waals surface area contributed by atoms with E-state index >= 15 is 0 Å². The Morgan fingerprint density at radius 1 is 1.17 bits per heavy atom. The van der Waals surface area contributed by atoms with Gasteiger partial charge in [-0.2, -0.15) is 0 Å². The van der Waals surface area contributed by atoms with Crippen molar-refractivity contribution in [2.75, 3.05) is 39.9 Å². The number of likely N-dealkylation sites (N-methyl/N-ethyl adjacent to an activating group) is 1. The monoisotopic (exact) mass is 412 g/mol. The standard InChI is InChI=1S/C24H32N2O4/c1-18-16-21(11-7-10-20-8-5-4-6-9-20)30-24(28)22(18)23(27)25(3)17-19(2)26-12-14-29-15-13-26/h4-6,8-9,16,19H,7,10-15,17H2,1-3H3. The van der Waals surface area contributed by atoms with Crippen LogP contribution in [-0.4, -0.2) is 61.6 Å². The summed E-state index contributed by atoms with van der Waals surface area (Å²) in [4.78, 5) is 29.4. The van der Waals surface area contributed by atoms with Gasteiger partial charge in [0.25, 0.3) is 5.91 Å². The number of amides is 1. The van der Waals surface area contributed by atoms with Crippen LogP contribution >= 0.6 is 0 Å². The van der Waals surface area contributed by atoms with Gasteiger partial charge in [-0.15, -0.1) is 0 Å². The lowest BCUT2D eigenvalue weighted by atomic mass is 10.1. The Morgan fingerprint density at radius 3 is 2.53 bits per heavy atom. The molecule has 1 aliphatic rings. The number of carbonyl (C=O) groups excluding carboxylic acids is 1. The molecule has 0 N–H and O–H groups in total. The number of carbonyl (C=O) groups is 1. The Bertz CT molecular complexity index is 888. The van der Waals surface area contributed by atoms with E-state index in [1.54, 1.807) is 11.9 Å². The lowest BCUT2D eigenvalue weighted by Crippen LogP contribution is -2.48. The quantitative estimate of drug-likeness (QED) is 0.667. The second-order valence-corrected chi connectivity index (χ2v) is 8.08. The van der Waals surface area contributed by atoms with E-state index in [1.807, 2.05) is 31.2 Å². The normalized spacial score (nSPS) is 15.7. The molecule has 0 spiro atoms. The smallest absolute Gasteiger partial charge is 0.349 e. The van der Waals surface area contributed by atoms with E-state index in [9.17, 15) is 9.59 Å². The lowest BCUT2D eigenvalue weighted by Gasteiger charge is -2.34. The molecule has 6 heteroatoms. The number of morpholine rings is 1. The van der Waals surface area contributed by atoms with E-state index in [0.717, 1.165) is 39.1 Å². The topological polar surface area (TPSA) is 63.0 Å². The highest BCUT2D eigenvalue weighted by atomic mass is 16.5.